The van der Waals surface area contributed by atoms with Crippen molar-refractivity contribution in [2.24, 2.45) is 0 Å². The third-order valence-electron chi connectivity index (χ3n) is 3.71. The predicted molar refractivity (Wildman–Crippen MR) is 91.9 cm³/mol. The second kappa shape index (κ2) is 10.8. The van der Waals surface area contributed by atoms with Gasteiger partial charge in [-0.05, 0) is 37.9 Å². The summed E-state index contributed by atoms with van der Waals surface area (Å²) in [4.78, 5) is 16.1. The van der Waals surface area contributed by atoms with Gasteiger partial charge in [0.15, 0.2) is 0 Å². The molecule has 0 saturated carbocycles. The molecule has 1 aliphatic heterocycles. The molecule has 2 N–H and O–H groups in total. The molecule has 7 heteroatoms. The first-order chi connectivity index (χ1) is 9.74. The molecule has 0 spiro atoms. The molecule has 2 rings (SSSR count). The third kappa shape index (κ3) is 6.48. The third-order valence-corrected chi connectivity index (χ3v) is 3.71. The van der Waals surface area contributed by atoms with E-state index in [1.54, 1.807) is 13.3 Å². The smallest absolute Gasteiger partial charge is 0.220 e. The standard InChI is InChI=1S/C15H23N3O2.2ClH/c1-20-12-15(8-4-10-18-15)11-17-14(19)7-6-13-5-2-3-9-16-13;;/h2-3,5,9,18H,4,6-8,10-12H2,1H3,(H,17,19);2*1H. The second-order valence-electron chi connectivity index (χ2n) is 5.34. The van der Waals surface area contributed by atoms with Crippen LogP contribution in [0, 0.1) is 0 Å². The maximum absolute atomic E-state index is 11.9. The first kappa shape index (κ1) is 21.1. The van der Waals surface area contributed by atoms with E-state index in [-0.39, 0.29) is 36.3 Å². The lowest BCUT2D eigenvalue weighted by molar-refractivity contribution is -0.121. The number of ether oxygens (including phenoxy) is 1. The van der Waals surface area contributed by atoms with E-state index in [0.717, 1.165) is 25.1 Å². The highest BCUT2D eigenvalue weighted by Crippen LogP contribution is 2.18. The highest BCUT2D eigenvalue weighted by molar-refractivity contribution is 5.85. The SMILES string of the molecule is COCC1(CNC(=O)CCc2ccccn2)CCCN1.Cl.Cl. The number of halogens is 2. The van der Waals surface area contributed by atoms with Gasteiger partial charge in [-0.15, -0.1) is 24.8 Å². The summed E-state index contributed by atoms with van der Waals surface area (Å²) in [5.74, 6) is 0.0693. The Morgan fingerprint density at radius 1 is 1.45 bits per heavy atom. The van der Waals surface area contributed by atoms with Crippen LogP contribution < -0.4 is 10.6 Å². The zero-order valence-corrected chi connectivity index (χ0v) is 14.5. The highest BCUT2D eigenvalue weighted by atomic mass is 35.5. The lowest BCUT2D eigenvalue weighted by Gasteiger charge is -2.28. The molecular weight excluding hydrogens is 325 g/mol. The van der Waals surface area contributed by atoms with Crippen molar-refractivity contribution in [3.8, 4) is 0 Å². The molecule has 1 saturated heterocycles. The number of aryl methyl sites for hydroxylation is 1. The maximum Gasteiger partial charge on any atom is 0.220 e. The Morgan fingerprint density at radius 2 is 2.27 bits per heavy atom. The van der Waals surface area contributed by atoms with Gasteiger partial charge in [-0.25, -0.2) is 0 Å². The number of amides is 1. The molecule has 0 bridgehead atoms. The number of nitrogens with one attached hydrogen (secondary N) is 2. The van der Waals surface area contributed by atoms with Crippen molar-refractivity contribution in [2.45, 2.75) is 31.2 Å². The zero-order chi connectivity index (χ0) is 14.3. The summed E-state index contributed by atoms with van der Waals surface area (Å²) < 4.78 is 5.27. The van der Waals surface area contributed by atoms with Gasteiger partial charge in [0.25, 0.3) is 0 Å². The van der Waals surface area contributed by atoms with Crippen molar-refractivity contribution in [1.29, 1.82) is 0 Å². The van der Waals surface area contributed by atoms with Crippen LogP contribution in [0.25, 0.3) is 0 Å². The van der Waals surface area contributed by atoms with Crippen LogP contribution in [0.3, 0.4) is 0 Å². The molecule has 5 nitrogen and oxygen atoms in total. The fourth-order valence-electron chi connectivity index (χ4n) is 2.61. The summed E-state index contributed by atoms with van der Waals surface area (Å²) in [7, 11) is 1.70. The molecule has 0 radical (unpaired) electrons. The van der Waals surface area contributed by atoms with E-state index in [2.05, 4.69) is 15.6 Å². The fraction of sp³-hybridized carbons (Fsp3) is 0.600. The Balaban J connectivity index is 0.00000220. The number of hydrogen-bond acceptors (Lipinski definition) is 4. The molecule has 1 aromatic rings. The largest absolute Gasteiger partial charge is 0.383 e. The number of methoxy groups -OCH3 is 1. The summed E-state index contributed by atoms with van der Waals surface area (Å²) in [6, 6.07) is 5.76. The number of carbonyl (C=O) groups excluding carboxylic acids is 1. The van der Waals surface area contributed by atoms with Crippen molar-refractivity contribution in [2.75, 3.05) is 26.8 Å². The summed E-state index contributed by atoms with van der Waals surface area (Å²) in [6.45, 7) is 2.25. The number of nitrogens with zero attached hydrogens (tertiary/aromatic N) is 1. The van der Waals surface area contributed by atoms with Gasteiger partial charge < -0.3 is 15.4 Å². The summed E-state index contributed by atoms with van der Waals surface area (Å²) >= 11 is 0. The number of hydrogen-bond donors (Lipinski definition) is 2. The molecular formula is C15H25Cl2N3O2. The topological polar surface area (TPSA) is 63.2 Å². The van der Waals surface area contributed by atoms with Gasteiger partial charge in [-0.2, -0.15) is 0 Å². The van der Waals surface area contributed by atoms with Crippen molar-refractivity contribution in [3.05, 3.63) is 30.1 Å². The van der Waals surface area contributed by atoms with E-state index >= 15 is 0 Å². The molecule has 22 heavy (non-hydrogen) atoms. The molecule has 0 aliphatic carbocycles. The van der Waals surface area contributed by atoms with Gasteiger partial charge in [-0.1, -0.05) is 6.07 Å². The molecule has 126 valence electrons. The van der Waals surface area contributed by atoms with Gasteiger partial charge in [0.05, 0.1) is 12.1 Å². The lowest BCUT2D eigenvalue weighted by atomic mass is 9.98. The summed E-state index contributed by atoms with van der Waals surface area (Å²) in [5, 5.41) is 6.46. The molecule has 1 fully saturated rings. The minimum atomic E-state index is -0.0879. The monoisotopic (exact) mass is 349 g/mol. The van der Waals surface area contributed by atoms with Crippen LogP contribution in [0.15, 0.2) is 24.4 Å². The molecule has 1 amide bonds. The molecule has 1 aliphatic rings. The van der Waals surface area contributed by atoms with Crippen LogP contribution in [0.5, 0.6) is 0 Å². The first-order valence-corrected chi connectivity index (χ1v) is 7.15. The van der Waals surface area contributed by atoms with E-state index in [1.165, 1.54) is 0 Å². The minimum absolute atomic E-state index is 0. The van der Waals surface area contributed by atoms with E-state index in [0.29, 0.717) is 26.0 Å². The summed E-state index contributed by atoms with van der Waals surface area (Å²) in [5.41, 5.74) is 0.864. The average Bonchev–Trinajstić information content (AvgIpc) is 2.93. The number of aromatic nitrogens is 1. The van der Waals surface area contributed by atoms with Gasteiger partial charge in [0.1, 0.15) is 0 Å². The molecule has 0 aromatic carbocycles. The van der Waals surface area contributed by atoms with Gasteiger partial charge in [0, 0.05) is 32.0 Å². The quantitative estimate of drug-likeness (QED) is 0.786. The highest BCUT2D eigenvalue weighted by Gasteiger charge is 2.33. The molecule has 1 aromatic heterocycles. The number of rotatable bonds is 7. The zero-order valence-electron chi connectivity index (χ0n) is 12.8. The normalized spacial score (nSPS) is 19.9. The minimum Gasteiger partial charge on any atom is -0.383 e. The van der Waals surface area contributed by atoms with Crippen molar-refractivity contribution < 1.29 is 9.53 Å². The number of carbonyl (C=O) groups is 1. The van der Waals surface area contributed by atoms with Crippen LogP contribution in [0.1, 0.15) is 25.0 Å². The van der Waals surface area contributed by atoms with E-state index in [4.69, 9.17) is 4.74 Å². The van der Waals surface area contributed by atoms with E-state index in [9.17, 15) is 4.79 Å². The Kier molecular flexibility index (Phi) is 10.3. The van der Waals surface area contributed by atoms with Crippen LogP contribution in [0.4, 0.5) is 0 Å². The molecule has 1 unspecified atom stereocenters. The Labute approximate surface area is 144 Å². The van der Waals surface area contributed by atoms with Gasteiger partial charge >= 0.3 is 0 Å². The Hall–Kier alpha value is -0.880. The van der Waals surface area contributed by atoms with Crippen LogP contribution >= 0.6 is 24.8 Å². The second-order valence-corrected chi connectivity index (χ2v) is 5.34. The average molecular weight is 350 g/mol. The van der Waals surface area contributed by atoms with Crippen LogP contribution in [0.2, 0.25) is 0 Å². The first-order valence-electron chi connectivity index (χ1n) is 7.15. The number of pyridine rings is 1. The summed E-state index contributed by atoms with van der Waals surface area (Å²) in [6.07, 6.45) is 5.08. The van der Waals surface area contributed by atoms with Crippen molar-refractivity contribution in [1.82, 2.24) is 15.6 Å². The van der Waals surface area contributed by atoms with Crippen LogP contribution in [-0.2, 0) is 16.0 Å². The maximum atomic E-state index is 11.9. The van der Waals surface area contributed by atoms with E-state index < -0.39 is 0 Å². The fourth-order valence-corrected chi connectivity index (χ4v) is 2.61. The van der Waals surface area contributed by atoms with E-state index in [1.807, 2.05) is 18.2 Å². The van der Waals surface area contributed by atoms with Crippen molar-refractivity contribution >= 4 is 30.7 Å². The van der Waals surface area contributed by atoms with Crippen molar-refractivity contribution in [3.63, 3.8) is 0 Å². The molecule has 1 atom stereocenters. The van der Waals surface area contributed by atoms with Gasteiger partial charge in [-0.3, -0.25) is 9.78 Å². The Morgan fingerprint density at radius 3 is 2.86 bits per heavy atom. The van der Waals surface area contributed by atoms with Gasteiger partial charge in [0.2, 0.25) is 5.91 Å². The van der Waals surface area contributed by atoms with Crippen LogP contribution in [-0.4, -0.2) is 43.2 Å². The molecule has 2 heterocycles. The Bertz CT molecular complexity index is 426. The lowest BCUT2D eigenvalue weighted by Crippen LogP contribution is -2.53. The predicted octanol–water partition coefficient (Wildman–Crippen LogP) is 1.74.